The van der Waals surface area contributed by atoms with Gasteiger partial charge in [0.2, 0.25) is 5.91 Å². The molecule has 0 saturated carbocycles. The summed E-state index contributed by atoms with van der Waals surface area (Å²) in [4.78, 5) is 32.8. The van der Waals surface area contributed by atoms with E-state index in [1.54, 1.807) is 0 Å². The molecule has 0 aliphatic heterocycles. The molecule has 19 heavy (non-hydrogen) atoms. The Labute approximate surface area is 108 Å². The number of benzene rings is 1. The summed E-state index contributed by atoms with van der Waals surface area (Å²) in [5, 5.41) is 12.8. The summed E-state index contributed by atoms with van der Waals surface area (Å²) >= 11 is 0. The summed E-state index contributed by atoms with van der Waals surface area (Å²) in [6.07, 6.45) is -0.0267. The molecule has 0 unspecified atom stereocenters. The van der Waals surface area contributed by atoms with Gasteiger partial charge in [-0.25, -0.2) is 9.18 Å². The van der Waals surface area contributed by atoms with E-state index >= 15 is 0 Å². The number of hydrogen-bond donors (Lipinski definition) is 3. The van der Waals surface area contributed by atoms with Gasteiger partial charge in [0.25, 0.3) is 0 Å². The number of hydrogen-bond acceptors (Lipinski definition) is 3. The molecule has 0 atom stereocenters. The second-order valence-electron chi connectivity index (χ2n) is 3.76. The summed E-state index contributed by atoms with van der Waals surface area (Å²) in [6.45, 7) is 0. The molecule has 0 aromatic heterocycles. The third kappa shape index (κ3) is 6.16. The largest absolute Gasteiger partial charge is 0.481 e. The van der Waals surface area contributed by atoms with Gasteiger partial charge in [-0.05, 0) is 30.7 Å². The maximum absolute atomic E-state index is 12.6. The highest BCUT2D eigenvalue weighted by Crippen LogP contribution is 2.07. The number of imide groups is 1. The summed E-state index contributed by atoms with van der Waals surface area (Å²) in [5.74, 6) is -2.00. The first kappa shape index (κ1) is 14.6. The lowest BCUT2D eigenvalue weighted by molar-refractivity contribution is -0.137. The minimum atomic E-state index is -0.997. The quantitative estimate of drug-likeness (QED) is 0.757. The summed E-state index contributed by atoms with van der Waals surface area (Å²) in [6, 6.07) is 4.30. The summed E-state index contributed by atoms with van der Waals surface area (Å²) in [5.41, 5.74) is 0.345. The molecule has 0 radical (unpaired) electrons. The van der Waals surface area contributed by atoms with E-state index in [-0.39, 0.29) is 19.3 Å². The van der Waals surface area contributed by atoms with E-state index < -0.39 is 23.7 Å². The normalized spacial score (nSPS) is 9.74. The van der Waals surface area contributed by atoms with Gasteiger partial charge in [0.05, 0.1) is 0 Å². The molecule has 0 heterocycles. The molecule has 6 nitrogen and oxygen atoms in total. The van der Waals surface area contributed by atoms with E-state index in [9.17, 15) is 18.8 Å². The molecule has 1 aromatic rings. The van der Waals surface area contributed by atoms with Crippen molar-refractivity contribution < 1.29 is 23.9 Å². The fourth-order valence-corrected chi connectivity index (χ4v) is 1.28. The summed E-state index contributed by atoms with van der Waals surface area (Å²) in [7, 11) is 0. The Kier molecular flexibility index (Phi) is 5.46. The average Bonchev–Trinajstić information content (AvgIpc) is 2.31. The minimum Gasteiger partial charge on any atom is -0.481 e. The Morgan fingerprint density at radius 1 is 1.11 bits per heavy atom. The molecule has 0 spiro atoms. The fourth-order valence-electron chi connectivity index (χ4n) is 1.28. The lowest BCUT2D eigenvalue weighted by Gasteiger charge is -2.06. The number of halogens is 1. The first-order valence-electron chi connectivity index (χ1n) is 5.55. The highest BCUT2D eigenvalue weighted by molar-refractivity contribution is 6.01. The number of anilines is 1. The van der Waals surface area contributed by atoms with Crippen LogP contribution in [0.5, 0.6) is 0 Å². The highest BCUT2D eigenvalue weighted by Gasteiger charge is 2.08. The van der Waals surface area contributed by atoms with Crippen molar-refractivity contribution in [2.75, 3.05) is 5.32 Å². The molecule has 3 amide bonds. The van der Waals surface area contributed by atoms with Crippen LogP contribution in [-0.2, 0) is 9.59 Å². The molecular weight excluding hydrogens is 255 g/mol. The second-order valence-corrected chi connectivity index (χ2v) is 3.76. The Bertz CT molecular complexity index is 473. The van der Waals surface area contributed by atoms with E-state index in [4.69, 9.17) is 5.11 Å². The van der Waals surface area contributed by atoms with Crippen molar-refractivity contribution in [3.63, 3.8) is 0 Å². The van der Waals surface area contributed by atoms with Gasteiger partial charge in [-0.1, -0.05) is 0 Å². The molecule has 3 N–H and O–H groups in total. The van der Waals surface area contributed by atoms with Crippen LogP contribution in [0.15, 0.2) is 24.3 Å². The zero-order valence-electron chi connectivity index (χ0n) is 9.98. The van der Waals surface area contributed by atoms with Crippen LogP contribution in [0.25, 0.3) is 0 Å². The Morgan fingerprint density at radius 3 is 2.32 bits per heavy atom. The minimum absolute atomic E-state index is 0.0524. The van der Waals surface area contributed by atoms with Crippen molar-refractivity contribution in [1.82, 2.24) is 5.32 Å². The summed E-state index contributed by atoms with van der Waals surface area (Å²) < 4.78 is 12.6. The molecular formula is C12H13FN2O4. The van der Waals surface area contributed by atoms with Gasteiger partial charge in [0, 0.05) is 18.5 Å². The number of rotatable bonds is 5. The smallest absolute Gasteiger partial charge is 0.325 e. The predicted octanol–water partition coefficient (Wildman–Crippen LogP) is 1.73. The lowest BCUT2D eigenvalue weighted by atomic mass is 10.2. The molecule has 1 rings (SSSR count). The Hall–Kier alpha value is -2.44. The van der Waals surface area contributed by atoms with Crippen LogP contribution in [0.1, 0.15) is 19.3 Å². The van der Waals surface area contributed by atoms with Gasteiger partial charge in [-0.3, -0.25) is 14.9 Å². The van der Waals surface area contributed by atoms with E-state index in [1.807, 2.05) is 5.32 Å². The van der Waals surface area contributed by atoms with Crippen LogP contribution in [0.2, 0.25) is 0 Å². The van der Waals surface area contributed by atoms with Crippen molar-refractivity contribution in [1.29, 1.82) is 0 Å². The van der Waals surface area contributed by atoms with Gasteiger partial charge >= 0.3 is 12.0 Å². The molecule has 0 aliphatic carbocycles. The van der Waals surface area contributed by atoms with Gasteiger partial charge in [0.1, 0.15) is 5.82 Å². The SMILES string of the molecule is O=C(O)CCCC(=O)NC(=O)Nc1ccc(F)cc1. The van der Waals surface area contributed by atoms with Crippen LogP contribution in [0.4, 0.5) is 14.9 Å². The number of carbonyl (C=O) groups is 3. The molecule has 1 aromatic carbocycles. The van der Waals surface area contributed by atoms with Crippen molar-refractivity contribution in [2.45, 2.75) is 19.3 Å². The molecule has 0 fully saturated rings. The van der Waals surface area contributed by atoms with Crippen LogP contribution < -0.4 is 10.6 Å². The van der Waals surface area contributed by atoms with Gasteiger partial charge in [0.15, 0.2) is 0 Å². The van der Waals surface area contributed by atoms with E-state index in [0.717, 1.165) is 0 Å². The van der Waals surface area contributed by atoms with Crippen molar-refractivity contribution in [2.24, 2.45) is 0 Å². The predicted molar refractivity (Wildman–Crippen MR) is 65.0 cm³/mol. The Morgan fingerprint density at radius 2 is 1.74 bits per heavy atom. The standard InChI is InChI=1S/C12H13FN2O4/c13-8-4-6-9(7-5-8)14-12(19)15-10(16)2-1-3-11(17)18/h4-7H,1-3H2,(H,17,18)(H2,14,15,16,19). The maximum Gasteiger partial charge on any atom is 0.325 e. The van der Waals surface area contributed by atoms with Crippen LogP contribution >= 0.6 is 0 Å². The number of urea groups is 1. The van der Waals surface area contributed by atoms with Gasteiger partial charge in [-0.2, -0.15) is 0 Å². The van der Waals surface area contributed by atoms with Crippen molar-refractivity contribution in [3.8, 4) is 0 Å². The van der Waals surface area contributed by atoms with Crippen molar-refractivity contribution in [3.05, 3.63) is 30.1 Å². The molecule has 0 bridgehead atoms. The van der Waals surface area contributed by atoms with Crippen LogP contribution in [0.3, 0.4) is 0 Å². The first-order chi connectivity index (χ1) is 8.97. The monoisotopic (exact) mass is 268 g/mol. The highest BCUT2D eigenvalue weighted by atomic mass is 19.1. The molecule has 0 aliphatic rings. The topological polar surface area (TPSA) is 95.5 Å². The average molecular weight is 268 g/mol. The number of carbonyl (C=O) groups excluding carboxylic acids is 2. The third-order valence-corrected chi connectivity index (χ3v) is 2.15. The number of aliphatic carboxylic acids is 1. The zero-order chi connectivity index (χ0) is 14.3. The molecule has 102 valence electrons. The van der Waals surface area contributed by atoms with E-state index in [1.165, 1.54) is 24.3 Å². The lowest BCUT2D eigenvalue weighted by Crippen LogP contribution is -2.34. The second kappa shape index (κ2) is 7.10. The van der Waals surface area contributed by atoms with Gasteiger partial charge in [-0.15, -0.1) is 0 Å². The Balaban J connectivity index is 2.32. The van der Waals surface area contributed by atoms with Crippen LogP contribution in [-0.4, -0.2) is 23.0 Å². The molecule has 7 heteroatoms. The fraction of sp³-hybridized carbons (Fsp3) is 0.250. The number of carboxylic acids is 1. The third-order valence-electron chi connectivity index (χ3n) is 2.15. The van der Waals surface area contributed by atoms with E-state index in [0.29, 0.717) is 5.69 Å². The number of amides is 3. The number of carboxylic acid groups (broad SMARTS) is 1. The number of nitrogens with one attached hydrogen (secondary N) is 2. The van der Waals surface area contributed by atoms with Crippen molar-refractivity contribution >= 4 is 23.6 Å². The van der Waals surface area contributed by atoms with Gasteiger partial charge < -0.3 is 10.4 Å². The molecule has 0 saturated heterocycles. The first-order valence-corrected chi connectivity index (χ1v) is 5.55. The van der Waals surface area contributed by atoms with E-state index in [2.05, 4.69) is 5.32 Å². The maximum atomic E-state index is 12.6. The zero-order valence-corrected chi connectivity index (χ0v) is 9.98. The van der Waals surface area contributed by atoms with Crippen LogP contribution in [0, 0.1) is 5.82 Å².